The topological polar surface area (TPSA) is 95.7 Å². The van der Waals surface area contributed by atoms with E-state index in [0.717, 1.165) is 42.3 Å². The number of fused-ring (bicyclic) bond motifs is 1. The van der Waals surface area contributed by atoms with E-state index >= 15 is 0 Å². The van der Waals surface area contributed by atoms with Gasteiger partial charge < -0.3 is 9.05 Å². The molecule has 0 radical (unpaired) electrons. The predicted octanol–water partition coefficient (Wildman–Crippen LogP) is 1.59. The van der Waals surface area contributed by atoms with E-state index in [4.69, 9.17) is 9.05 Å². The molecule has 3 aromatic heterocycles. The number of aryl methyl sites for hydroxylation is 3. The summed E-state index contributed by atoms with van der Waals surface area (Å²) in [6, 6.07) is 0. The molecule has 0 bridgehead atoms. The van der Waals surface area contributed by atoms with Crippen LogP contribution in [0.25, 0.3) is 0 Å². The van der Waals surface area contributed by atoms with Crippen molar-refractivity contribution < 1.29 is 9.05 Å². The fraction of sp³-hybridized carbons (Fsp3) is 0.500. The number of rotatable bonds is 3. The Balaban J connectivity index is 1.51. The van der Waals surface area contributed by atoms with E-state index < -0.39 is 0 Å². The molecular weight excluding hydrogens is 284 g/mol. The van der Waals surface area contributed by atoms with Gasteiger partial charge in [0, 0.05) is 18.4 Å². The molecule has 8 heteroatoms. The van der Waals surface area contributed by atoms with Gasteiger partial charge in [-0.05, 0) is 20.3 Å². The van der Waals surface area contributed by atoms with Crippen LogP contribution in [0.1, 0.15) is 47.0 Å². The predicted molar refractivity (Wildman–Crippen MR) is 74.2 cm³/mol. The molecule has 0 saturated heterocycles. The minimum absolute atomic E-state index is 0.193. The van der Waals surface area contributed by atoms with Crippen molar-refractivity contribution in [3.05, 3.63) is 40.9 Å². The van der Waals surface area contributed by atoms with E-state index in [0.29, 0.717) is 18.1 Å². The maximum absolute atomic E-state index is 5.44. The molecule has 1 aliphatic rings. The quantitative estimate of drug-likeness (QED) is 0.724. The molecule has 0 aliphatic carbocycles. The van der Waals surface area contributed by atoms with Gasteiger partial charge in [-0.25, -0.2) is 9.67 Å². The van der Waals surface area contributed by atoms with Gasteiger partial charge in [0.25, 0.3) is 0 Å². The highest BCUT2D eigenvalue weighted by atomic mass is 16.5. The molecule has 22 heavy (non-hydrogen) atoms. The molecule has 1 atom stereocenters. The zero-order valence-corrected chi connectivity index (χ0v) is 12.5. The zero-order valence-electron chi connectivity index (χ0n) is 12.5. The third kappa shape index (κ3) is 2.30. The maximum Gasteiger partial charge on any atom is 0.231 e. The van der Waals surface area contributed by atoms with Gasteiger partial charge in [0.2, 0.25) is 5.89 Å². The first-order chi connectivity index (χ1) is 10.7. The Hall–Kier alpha value is -2.51. The molecule has 4 heterocycles. The fourth-order valence-electron chi connectivity index (χ4n) is 2.79. The second kappa shape index (κ2) is 5.04. The molecule has 0 amide bonds. The summed E-state index contributed by atoms with van der Waals surface area (Å²) in [5, 5.41) is 12.3. The van der Waals surface area contributed by atoms with Crippen LogP contribution in [0.2, 0.25) is 0 Å². The molecule has 0 fully saturated rings. The minimum Gasteiger partial charge on any atom is -0.364 e. The first kappa shape index (κ1) is 13.2. The summed E-state index contributed by atoms with van der Waals surface area (Å²) in [5.74, 6) is 3.36. The summed E-state index contributed by atoms with van der Waals surface area (Å²) in [6.45, 7) is 4.55. The van der Waals surface area contributed by atoms with Crippen molar-refractivity contribution >= 4 is 0 Å². The molecule has 0 saturated carbocycles. The summed E-state index contributed by atoms with van der Waals surface area (Å²) in [7, 11) is 0. The fourth-order valence-corrected chi connectivity index (χ4v) is 2.79. The first-order valence-electron chi connectivity index (χ1n) is 7.31. The van der Waals surface area contributed by atoms with Gasteiger partial charge in [-0.15, -0.1) is 0 Å². The molecule has 0 aromatic carbocycles. The van der Waals surface area contributed by atoms with Gasteiger partial charge in [-0.1, -0.05) is 10.3 Å². The largest absolute Gasteiger partial charge is 0.364 e. The van der Waals surface area contributed by atoms with Crippen molar-refractivity contribution in [1.82, 2.24) is 30.1 Å². The van der Waals surface area contributed by atoms with E-state index in [2.05, 4.69) is 25.4 Å². The molecule has 3 aromatic rings. The Labute approximate surface area is 126 Å². The first-order valence-corrected chi connectivity index (χ1v) is 7.31. The smallest absolute Gasteiger partial charge is 0.231 e. The van der Waals surface area contributed by atoms with Crippen molar-refractivity contribution in [2.75, 3.05) is 0 Å². The van der Waals surface area contributed by atoms with E-state index in [1.54, 1.807) is 6.26 Å². The normalized spacial score (nSPS) is 17.6. The average molecular weight is 300 g/mol. The number of hydrogen-bond donors (Lipinski definition) is 0. The number of aromatic nitrogens is 6. The molecule has 4 rings (SSSR count). The summed E-state index contributed by atoms with van der Waals surface area (Å²) >= 11 is 0. The third-order valence-electron chi connectivity index (χ3n) is 3.99. The monoisotopic (exact) mass is 300 g/mol. The summed E-state index contributed by atoms with van der Waals surface area (Å²) in [5.41, 5.74) is 1.83. The molecule has 0 N–H and O–H groups in total. The van der Waals surface area contributed by atoms with E-state index in [9.17, 15) is 0 Å². The molecule has 0 unspecified atom stereocenters. The van der Waals surface area contributed by atoms with Crippen LogP contribution in [0.5, 0.6) is 0 Å². The Bertz CT molecular complexity index is 802. The second-order valence-corrected chi connectivity index (χ2v) is 5.64. The zero-order chi connectivity index (χ0) is 15.1. The number of hydrogen-bond acceptors (Lipinski definition) is 7. The van der Waals surface area contributed by atoms with Gasteiger partial charge in [-0.2, -0.15) is 10.1 Å². The number of nitrogens with zero attached hydrogens (tertiary/aromatic N) is 6. The highest BCUT2D eigenvalue weighted by Crippen LogP contribution is 2.27. The van der Waals surface area contributed by atoms with E-state index in [1.165, 1.54) is 0 Å². The molecule has 114 valence electrons. The van der Waals surface area contributed by atoms with Crippen LogP contribution in [0.4, 0.5) is 0 Å². The Morgan fingerprint density at radius 3 is 3.00 bits per heavy atom. The van der Waals surface area contributed by atoms with Gasteiger partial charge in [0.15, 0.2) is 5.82 Å². The lowest BCUT2D eigenvalue weighted by molar-refractivity contribution is 0.306. The lowest BCUT2D eigenvalue weighted by Gasteiger charge is -2.18. The van der Waals surface area contributed by atoms with Crippen LogP contribution < -0.4 is 0 Å². The highest BCUT2D eigenvalue weighted by Gasteiger charge is 2.26. The van der Waals surface area contributed by atoms with Crippen molar-refractivity contribution in [1.29, 1.82) is 0 Å². The Morgan fingerprint density at radius 1 is 1.27 bits per heavy atom. The average Bonchev–Trinajstić information content (AvgIpc) is 3.19. The van der Waals surface area contributed by atoms with Gasteiger partial charge in [0.05, 0.1) is 18.2 Å². The summed E-state index contributed by atoms with van der Waals surface area (Å²) in [6.07, 6.45) is 4.02. The standard InChI is InChI=1S/C14H16N6O2/c1-8-11(7-21-18-8)5-12-16-14(22-19-12)10-3-4-13-15-9(2)17-20(13)6-10/h7,10H,3-6H2,1-2H3/t10-/m0/s1. The Morgan fingerprint density at radius 2 is 2.18 bits per heavy atom. The minimum atomic E-state index is 0.193. The maximum atomic E-state index is 5.44. The molecule has 0 spiro atoms. The second-order valence-electron chi connectivity index (χ2n) is 5.64. The van der Waals surface area contributed by atoms with Gasteiger partial charge in [-0.3, -0.25) is 0 Å². The van der Waals surface area contributed by atoms with Crippen LogP contribution in [0, 0.1) is 13.8 Å². The SMILES string of the molecule is Cc1nc2n(n1)C[C@@H](c1nc(Cc3conc3C)no1)CC2. The van der Waals surface area contributed by atoms with Crippen molar-refractivity contribution in [2.24, 2.45) is 0 Å². The van der Waals surface area contributed by atoms with Crippen molar-refractivity contribution in [3.8, 4) is 0 Å². The Kier molecular flexibility index (Phi) is 3.02. The summed E-state index contributed by atoms with van der Waals surface area (Å²) < 4.78 is 12.3. The lowest BCUT2D eigenvalue weighted by atomic mass is 10.00. The van der Waals surface area contributed by atoms with Gasteiger partial charge in [0.1, 0.15) is 17.9 Å². The molecule has 8 nitrogen and oxygen atoms in total. The third-order valence-corrected chi connectivity index (χ3v) is 3.99. The highest BCUT2D eigenvalue weighted by molar-refractivity contribution is 5.17. The van der Waals surface area contributed by atoms with E-state index in [-0.39, 0.29) is 5.92 Å². The summed E-state index contributed by atoms with van der Waals surface area (Å²) in [4.78, 5) is 8.93. The lowest BCUT2D eigenvalue weighted by Crippen LogP contribution is -2.20. The van der Waals surface area contributed by atoms with Crippen molar-refractivity contribution in [3.63, 3.8) is 0 Å². The van der Waals surface area contributed by atoms with Crippen LogP contribution in [-0.2, 0) is 19.4 Å². The van der Waals surface area contributed by atoms with Crippen LogP contribution in [0.3, 0.4) is 0 Å². The van der Waals surface area contributed by atoms with Crippen LogP contribution in [-0.4, -0.2) is 30.1 Å². The molecular formula is C14H16N6O2. The molecule has 1 aliphatic heterocycles. The van der Waals surface area contributed by atoms with Crippen LogP contribution in [0.15, 0.2) is 15.3 Å². The van der Waals surface area contributed by atoms with Crippen molar-refractivity contribution in [2.45, 2.75) is 45.6 Å². The van der Waals surface area contributed by atoms with Gasteiger partial charge >= 0.3 is 0 Å². The van der Waals surface area contributed by atoms with E-state index in [1.807, 2.05) is 18.5 Å². The van der Waals surface area contributed by atoms with Crippen LogP contribution >= 0.6 is 0 Å².